The lowest BCUT2D eigenvalue weighted by atomic mass is 9.87. The largest absolute Gasteiger partial charge is 0.416 e. The van der Waals surface area contributed by atoms with Gasteiger partial charge < -0.3 is 10.2 Å². The predicted octanol–water partition coefficient (Wildman–Crippen LogP) is 3.73. The highest BCUT2D eigenvalue weighted by atomic mass is 19.4. The normalized spacial score (nSPS) is 19.1. The third-order valence-electron chi connectivity index (χ3n) is 5.07. The molecule has 0 unspecified atom stereocenters. The van der Waals surface area contributed by atoms with Crippen molar-refractivity contribution in [2.75, 3.05) is 18.9 Å². The van der Waals surface area contributed by atoms with E-state index in [4.69, 9.17) is 0 Å². The number of hydrogen-bond donors (Lipinski definition) is 1. The molecule has 1 N–H and O–H groups in total. The maximum absolute atomic E-state index is 12.9. The van der Waals surface area contributed by atoms with Gasteiger partial charge in [-0.3, -0.25) is 19.7 Å². The summed E-state index contributed by atoms with van der Waals surface area (Å²) >= 11 is 0. The first kappa shape index (κ1) is 21.3. The highest BCUT2D eigenvalue weighted by Gasteiger charge is 2.44. The number of likely N-dealkylation sites (N-methyl/N-ethyl adjacent to an activating group) is 1. The van der Waals surface area contributed by atoms with Crippen molar-refractivity contribution in [3.8, 4) is 0 Å². The van der Waals surface area contributed by atoms with Crippen LogP contribution >= 0.6 is 0 Å². The number of hydrogen-bond acceptors (Lipinski definition) is 4. The molecule has 1 aliphatic heterocycles. The first-order chi connectivity index (χ1) is 14.0. The van der Waals surface area contributed by atoms with Crippen LogP contribution in [0, 0.1) is 23.0 Å². The summed E-state index contributed by atoms with van der Waals surface area (Å²) in [6.45, 7) is 1.80. The number of amides is 2. The van der Waals surface area contributed by atoms with Gasteiger partial charge in [0.05, 0.1) is 10.5 Å². The van der Waals surface area contributed by atoms with Crippen LogP contribution in [0.4, 0.5) is 24.5 Å². The Morgan fingerprint density at radius 2 is 1.83 bits per heavy atom. The Labute approximate surface area is 169 Å². The number of rotatable bonds is 4. The minimum Gasteiger partial charge on any atom is -0.344 e. The van der Waals surface area contributed by atoms with Crippen molar-refractivity contribution in [1.82, 2.24) is 4.90 Å². The first-order valence-corrected chi connectivity index (χ1v) is 8.97. The molecule has 7 nitrogen and oxygen atoms in total. The molecule has 0 bridgehead atoms. The molecule has 10 heteroatoms. The van der Waals surface area contributed by atoms with Crippen LogP contribution in [0.3, 0.4) is 0 Å². The van der Waals surface area contributed by atoms with Crippen LogP contribution in [-0.4, -0.2) is 35.2 Å². The number of nitro benzene ring substituents is 1. The molecule has 30 heavy (non-hydrogen) atoms. The second-order valence-electron chi connectivity index (χ2n) is 7.19. The Kier molecular flexibility index (Phi) is 5.51. The second kappa shape index (κ2) is 7.77. The summed E-state index contributed by atoms with van der Waals surface area (Å²) in [5, 5.41) is 13.7. The van der Waals surface area contributed by atoms with Crippen LogP contribution in [-0.2, 0) is 15.8 Å². The van der Waals surface area contributed by atoms with E-state index >= 15 is 0 Å². The number of nitro groups is 1. The van der Waals surface area contributed by atoms with Crippen LogP contribution in [0.25, 0.3) is 0 Å². The number of anilines is 1. The molecule has 0 radical (unpaired) electrons. The van der Waals surface area contributed by atoms with Gasteiger partial charge in [-0.15, -0.1) is 0 Å². The number of benzene rings is 2. The molecule has 0 aromatic heterocycles. The van der Waals surface area contributed by atoms with E-state index in [-0.39, 0.29) is 17.9 Å². The van der Waals surface area contributed by atoms with Gasteiger partial charge in [-0.1, -0.05) is 18.2 Å². The van der Waals surface area contributed by atoms with Crippen molar-refractivity contribution >= 4 is 23.2 Å². The maximum Gasteiger partial charge on any atom is 0.416 e. The zero-order chi connectivity index (χ0) is 22.2. The minimum absolute atomic E-state index is 0.0517. The van der Waals surface area contributed by atoms with Crippen LogP contribution in [0.15, 0.2) is 42.5 Å². The van der Waals surface area contributed by atoms with E-state index in [0.717, 1.165) is 12.1 Å². The molecule has 2 aromatic carbocycles. The SMILES string of the molecule is Cc1ccc(NC(=O)[C@@H]2C(=O)N(C)C[C@H]2c2ccc(C(F)(F)F)cc2)c([N+](=O)[O-])c1. The molecule has 0 saturated carbocycles. The highest BCUT2D eigenvalue weighted by molar-refractivity contribution is 6.09. The van der Waals surface area contributed by atoms with E-state index < -0.39 is 40.3 Å². The zero-order valence-corrected chi connectivity index (χ0v) is 16.1. The molecule has 2 atom stereocenters. The van der Waals surface area contributed by atoms with Crippen LogP contribution in [0.1, 0.15) is 22.6 Å². The number of carbonyl (C=O) groups excluding carboxylic acids is 2. The van der Waals surface area contributed by atoms with Gasteiger partial charge in [0.15, 0.2) is 0 Å². The van der Waals surface area contributed by atoms with Crippen LogP contribution < -0.4 is 5.32 Å². The third-order valence-corrected chi connectivity index (χ3v) is 5.07. The van der Waals surface area contributed by atoms with Gasteiger partial charge in [0.25, 0.3) is 5.69 Å². The molecule has 1 heterocycles. The second-order valence-corrected chi connectivity index (χ2v) is 7.19. The number of halogens is 3. The van der Waals surface area contributed by atoms with E-state index in [1.807, 2.05) is 0 Å². The fourth-order valence-electron chi connectivity index (χ4n) is 3.52. The monoisotopic (exact) mass is 421 g/mol. The van der Waals surface area contributed by atoms with Crippen molar-refractivity contribution in [1.29, 1.82) is 0 Å². The van der Waals surface area contributed by atoms with E-state index in [2.05, 4.69) is 5.32 Å². The topological polar surface area (TPSA) is 92.6 Å². The molecule has 2 amide bonds. The van der Waals surface area contributed by atoms with Crippen LogP contribution in [0.2, 0.25) is 0 Å². The Morgan fingerprint density at radius 3 is 2.40 bits per heavy atom. The average Bonchev–Trinajstić information content (AvgIpc) is 2.97. The molecular weight excluding hydrogens is 403 g/mol. The summed E-state index contributed by atoms with van der Waals surface area (Å²) in [6.07, 6.45) is -4.50. The Balaban J connectivity index is 1.90. The molecule has 2 aromatic rings. The molecule has 0 spiro atoms. The quantitative estimate of drug-likeness (QED) is 0.463. The number of aryl methyl sites for hydroxylation is 1. The number of alkyl halides is 3. The summed E-state index contributed by atoms with van der Waals surface area (Å²) in [5.41, 5.74) is -0.171. The molecule has 158 valence electrons. The van der Waals surface area contributed by atoms with Crippen molar-refractivity contribution in [2.24, 2.45) is 5.92 Å². The maximum atomic E-state index is 12.9. The van der Waals surface area contributed by atoms with Gasteiger partial charge >= 0.3 is 6.18 Å². The summed E-state index contributed by atoms with van der Waals surface area (Å²) < 4.78 is 38.5. The molecule has 1 saturated heterocycles. The third kappa shape index (κ3) is 4.12. The number of nitrogens with one attached hydrogen (secondary N) is 1. The summed E-state index contributed by atoms with van der Waals surface area (Å²) in [6, 6.07) is 8.55. The summed E-state index contributed by atoms with van der Waals surface area (Å²) in [7, 11) is 1.49. The Hall–Kier alpha value is -3.43. The predicted molar refractivity (Wildman–Crippen MR) is 102 cm³/mol. The summed E-state index contributed by atoms with van der Waals surface area (Å²) in [4.78, 5) is 37.4. The number of nitrogens with zero attached hydrogens (tertiary/aromatic N) is 2. The van der Waals surface area contributed by atoms with E-state index in [0.29, 0.717) is 11.1 Å². The van der Waals surface area contributed by atoms with E-state index in [9.17, 15) is 32.9 Å². The Bertz CT molecular complexity index is 1010. The zero-order valence-electron chi connectivity index (χ0n) is 16.1. The first-order valence-electron chi connectivity index (χ1n) is 8.97. The van der Waals surface area contributed by atoms with Gasteiger partial charge in [-0.2, -0.15) is 13.2 Å². The minimum atomic E-state index is -4.50. The highest BCUT2D eigenvalue weighted by Crippen LogP contribution is 2.37. The van der Waals surface area contributed by atoms with Crippen molar-refractivity contribution in [3.63, 3.8) is 0 Å². The standard InChI is InChI=1S/C20H18F3N3O4/c1-11-3-8-15(16(9-11)26(29)30)24-18(27)17-14(10-25(2)19(17)28)12-4-6-13(7-5-12)20(21,22)23/h3-9,14,17H,10H2,1-2H3,(H,24,27)/t14-,17+/m0/s1. The molecule has 0 aliphatic carbocycles. The fourth-order valence-corrected chi connectivity index (χ4v) is 3.52. The van der Waals surface area contributed by atoms with Gasteiger partial charge in [0.1, 0.15) is 11.6 Å². The average molecular weight is 421 g/mol. The number of carbonyl (C=O) groups is 2. The Morgan fingerprint density at radius 1 is 1.20 bits per heavy atom. The smallest absolute Gasteiger partial charge is 0.344 e. The summed E-state index contributed by atoms with van der Waals surface area (Å²) in [5.74, 6) is -3.16. The van der Waals surface area contributed by atoms with Gasteiger partial charge in [0, 0.05) is 25.6 Å². The van der Waals surface area contributed by atoms with Crippen LogP contribution in [0.5, 0.6) is 0 Å². The van der Waals surface area contributed by atoms with Gasteiger partial charge in [0.2, 0.25) is 11.8 Å². The van der Waals surface area contributed by atoms with Crippen molar-refractivity contribution in [3.05, 3.63) is 69.3 Å². The lowest BCUT2D eigenvalue weighted by Gasteiger charge is -2.18. The van der Waals surface area contributed by atoms with E-state index in [1.165, 1.54) is 36.2 Å². The van der Waals surface area contributed by atoms with Gasteiger partial charge in [-0.25, -0.2) is 0 Å². The van der Waals surface area contributed by atoms with Crippen molar-refractivity contribution < 1.29 is 27.7 Å². The molecule has 3 rings (SSSR count). The van der Waals surface area contributed by atoms with Crippen molar-refractivity contribution in [2.45, 2.75) is 19.0 Å². The molecule has 1 aliphatic rings. The van der Waals surface area contributed by atoms with E-state index in [1.54, 1.807) is 13.0 Å². The number of likely N-dealkylation sites (tertiary alicyclic amines) is 1. The fraction of sp³-hybridized carbons (Fsp3) is 0.300. The lowest BCUT2D eigenvalue weighted by Crippen LogP contribution is -2.32. The molecule has 1 fully saturated rings. The molecular formula is C20H18F3N3O4. The van der Waals surface area contributed by atoms with Gasteiger partial charge in [-0.05, 0) is 36.2 Å². The lowest BCUT2D eigenvalue weighted by molar-refractivity contribution is -0.384.